The molecule has 27 heteroatoms. The van der Waals surface area contributed by atoms with E-state index in [0.717, 1.165) is 54.0 Å². The third-order valence-corrected chi connectivity index (χ3v) is 18.0. The molecule has 0 amide bonds. The van der Waals surface area contributed by atoms with Crippen LogP contribution in [0.15, 0.2) is 181 Å². The number of anilines is 1. The fourth-order valence-electron chi connectivity index (χ4n) is 10.1. The molecule has 1 fully saturated rings. The molecule has 0 bridgehead atoms. The van der Waals surface area contributed by atoms with E-state index in [1.807, 2.05) is 80.1 Å². The minimum atomic E-state index is -3.56. The number of nitrogens with one attached hydrogen (secondary N) is 2. The SMILES string of the molecule is CCn1c(=O)c(-c2ccccc2Cl)cc2cnc(S(C)(=O)=O)nc21.CCn1c(=O)c(-c2ccccc2Cl)cc2cnc(SC)nc21.CSc1ncc2cc(-c3ccccc3Cl)c(=O)[nH]c2n1.Cn1c(=O)c(-c2ccccc2Cl)cc2cnc(NC3CCOCC3)nc21. The van der Waals surface area contributed by atoms with E-state index >= 15 is 0 Å². The summed E-state index contributed by atoms with van der Waals surface area (Å²) >= 11 is 27.7. The number of hydrogen-bond donors (Lipinski definition) is 2. The second-order valence-electron chi connectivity index (χ2n) is 20.6. The molecule has 0 saturated carbocycles. The number of hydrogen-bond acceptors (Lipinski definition) is 18. The topological polar surface area (TPSA) is 257 Å². The molecule has 9 heterocycles. The number of aromatic nitrogens is 12. The Morgan fingerprint density at radius 1 is 0.533 bits per heavy atom. The third kappa shape index (κ3) is 14.8. The van der Waals surface area contributed by atoms with Gasteiger partial charge in [-0.05, 0) is 87.7 Å². The fraction of sp³-hybridized carbons (Fsp3) is 0.200. The van der Waals surface area contributed by atoms with E-state index in [4.69, 9.17) is 51.1 Å². The zero-order chi connectivity index (χ0) is 65.4. The molecule has 4 aromatic carbocycles. The van der Waals surface area contributed by atoms with Crippen LogP contribution < -0.4 is 27.6 Å². The quantitative estimate of drug-likeness (QED) is 0.0901. The van der Waals surface area contributed by atoms with Crippen LogP contribution in [-0.4, -0.2) is 105 Å². The summed E-state index contributed by atoms with van der Waals surface area (Å²) < 4.78 is 33.3. The van der Waals surface area contributed by atoms with Crippen molar-refractivity contribution in [3.63, 3.8) is 0 Å². The molecule has 13 rings (SSSR count). The number of pyridine rings is 4. The van der Waals surface area contributed by atoms with Crippen LogP contribution in [-0.2, 0) is 34.7 Å². The van der Waals surface area contributed by atoms with E-state index in [-0.39, 0.29) is 33.0 Å². The van der Waals surface area contributed by atoms with Crippen LogP contribution >= 0.6 is 69.9 Å². The van der Waals surface area contributed by atoms with E-state index < -0.39 is 9.84 Å². The number of rotatable bonds is 11. The predicted molar refractivity (Wildman–Crippen MR) is 370 cm³/mol. The minimum Gasteiger partial charge on any atom is -0.381 e. The standard InChI is InChI=1S/C19H19ClN4O2.C16H14ClN3O3S.C16H14ClN3OS.C14H10ClN3OS/c1-24-17-12(10-15(18(24)25)14-4-2-3-5-16(14)20)11-21-19(23-17)22-13-6-8-26-9-7-13;1-3-20-14-10(9-18-16(19-14)24(2,22)23)8-12(15(20)21)11-6-4-5-7-13(11)17;1-3-20-14-10(9-18-16(19-14)22-2)8-12(15(20)21)11-6-4-5-7-13(11)17;1-20-14-16-7-8-6-10(13(19)17-12(8)18-14)9-4-2-3-5-11(9)15/h2-5,10-11,13H,6-9H2,1H3,(H,21,22,23);4-9H,3H2,1-2H3;4-9H,3H2,1-2H3;2-7H,1H3,(H,16,17,18,19). The van der Waals surface area contributed by atoms with Gasteiger partial charge >= 0.3 is 0 Å². The van der Waals surface area contributed by atoms with E-state index in [1.54, 1.807) is 102 Å². The number of sulfone groups is 1. The van der Waals surface area contributed by atoms with E-state index in [2.05, 4.69) is 50.2 Å². The Labute approximate surface area is 555 Å². The van der Waals surface area contributed by atoms with Gasteiger partial charge in [-0.2, -0.15) is 9.97 Å². The number of fused-ring (bicyclic) bond motifs is 4. The summed E-state index contributed by atoms with van der Waals surface area (Å²) in [5, 5.41) is 9.38. The van der Waals surface area contributed by atoms with Crippen LogP contribution in [0, 0.1) is 0 Å². The van der Waals surface area contributed by atoms with Gasteiger partial charge in [-0.3, -0.25) is 32.9 Å². The van der Waals surface area contributed by atoms with Gasteiger partial charge in [0.1, 0.15) is 22.6 Å². The van der Waals surface area contributed by atoms with Crippen LogP contribution in [0.2, 0.25) is 20.1 Å². The molecular weight excluding hydrogens is 1310 g/mol. The van der Waals surface area contributed by atoms with Gasteiger partial charge in [-0.1, -0.05) is 143 Å². The maximum absolute atomic E-state index is 12.8. The summed E-state index contributed by atoms with van der Waals surface area (Å²) in [5.41, 5.74) is 6.15. The molecule has 92 heavy (non-hydrogen) atoms. The largest absolute Gasteiger partial charge is 0.381 e. The second kappa shape index (κ2) is 29.5. The average molecular weight is 1370 g/mol. The van der Waals surface area contributed by atoms with E-state index in [0.29, 0.717) is 117 Å². The Hall–Kier alpha value is -8.39. The molecule has 20 nitrogen and oxygen atoms in total. The van der Waals surface area contributed by atoms with Gasteiger partial charge in [0, 0.05) is 157 Å². The maximum atomic E-state index is 12.8. The zero-order valence-corrected chi connectivity index (χ0v) is 55.7. The lowest BCUT2D eigenvalue weighted by Gasteiger charge is -2.23. The van der Waals surface area contributed by atoms with Crippen molar-refractivity contribution < 1.29 is 13.2 Å². The summed E-state index contributed by atoms with van der Waals surface area (Å²) in [6, 6.07) is 36.3. The first-order valence-corrected chi connectivity index (χ1v) is 34.4. The molecule has 12 aromatic rings. The van der Waals surface area contributed by atoms with Crippen LogP contribution in [0.4, 0.5) is 5.95 Å². The van der Waals surface area contributed by atoms with Crippen molar-refractivity contribution in [2.24, 2.45) is 7.05 Å². The normalized spacial score (nSPS) is 12.4. The Bertz CT molecular complexity index is 5150. The molecular formula is C65H57Cl4N13O7S3. The molecule has 1 aliphatic heterocycles. The molecule has 1 saturated heterocycles. The molecule has 0 atom stereocenters. The lowest BCUT2D eigenvalue weighted by molar-refractivity contribution is 0.0903. The van der Waals surface area contributed by atoms with Crippen molar-refractivity contribution >= 4 is 130 Å². The molecule has 470 valence electrons. The van der Waals surface area contributed by atoms with Gasteiger partial charge in [0.05, 0.1) is 0 Å². The summed E-state index contributed by atoms with van der Waals surface area (Å²) in [4.78, 5) is 87.6. The first-order valence-electron chi connectivity index (χ1n) is 28.5. The smallest absolute Gasteiger partial charge is 0.260 e. The Balaban J connectivity index is 0.000000135. The molecule has 0 unspecified atom stereocenters. The molecule has 0 radical (unpaired) electrons. The number of H-pyrrole nitrogens is 1. The molecule has 0 aliphatic carbocycles. The van der Waals surface area contributed by atoms with Crippen LogP contribution in [0.25, 0.3) is 88.6 Å². The summed E-state index contributed by atoms with van der Waals surface area (Å²) in [7, 11) is -1.84. The number of thioether (sulfide) groups is 2. The number of halogens is 4. The Morgan fingerprint density at radius 3 is 1.42 bits per heavy atom. The maximum Gasteiger partial charge on any atom is 0.260 e. The summed E-state index contributed by atoms with van der Waals surface area (Å²) in [6.45, 7) is 6.08. The third-order valence-electron chi connectivity index (χ3n) is 14.7. The predicted octanol–water partition coefficient (Wildman–Crippen LogP) is 13.0. The molecule has 1 aliphatic rings. The van der Waals surface area contributed by atoms with E-state index in [9.17, 15) is 27.6 Å². The molecule has 2 N–H and O–H groups in total. The second-order valence-corrected chi connectivity index (χ2v) is 25.7. The first-order chi connectivity index (χ1) is 44.3. The fourth-order valence-corrected chi connectivity index (χ4v) is 12.2. The average Bonchev–Trinajstić information content (AvgIpc) is 0.799. The van der Waals surface area contributed by atoms with Crippen molar-refractivity contribution in [2.75, 3.05) is 37.3 Å². The van der Waals surface area contributed by atoms with Gasteiger partial charge in [-0.15, -0.1) is 0 Å². The number of nitrogens with zero attached hydrogens (tertiary/aromatic N) is 11. The highest BCUT2D eigenvalue weighted by Crippen LogP contribution is 2.32. The van der Waals surface area contributed by atoms with Gasteiger partial charge in [0.15, 0.2) is 10.3 Å². The van der Waals surface area contributed by atoms with Crippen molar-refractivity contribution in [1.29, 1.82) is 0 Å². The van der Waals surface area contributed by atoms with Crippen molar-refractivity contribution in [2.45, 2.75) is 61.3 Å². The van der Waals surface area contributed by atoms with E-state index in [1.165, 1.54) is 34.3 Å². The van der Waals surface area contributed by atoms with Gasteiger partial charge in [0.25, 0.3) is 22.2 Å². The number of ether oxygens (including phenoxy) is 1. The summed E-state index contributed by atoms with van der Waals surface area (Å²) in [6.07, 6.45) is 13.3. The highest BCUT2D eigenvalue weighted by Gasteiger charge is 2.21. The number of aromatic amines is 1. The lowest BCUT2D eigenvalue weighted by atomic mass is 10.1. The van der Waals surface area contributed by atoms with Crippen LogP contribution in [0.3, 0.4) is 0 Å². The zero-order valence-electron chi connectivity index (χ0n) is 50.2. The van der Waals surface area contributed by atoms with Gasteiger partial charge < -0.3 is 15.0 Å². The Morgan fingerprint density at radius 2 is 0.946 bits per heavy atom. The van der Waals surface area contributed by atoms with Crippen molar-refractivity contribution in [3.05, 3.63) is 208 Å². The highest BCUT2D eigenvalue weighted by molar-refractivity contribution is 7.98. The van der Waals surface area contributed by atoms with Crippen LogP contribution in [0.1, 0.15) is 26.7 Å². The van der Waals surface area contributed by atoms with Gasteiger partial charge in [-0.25, -0.2) is 38.3 Å². The monoisotopic (exact) mass is 1370 g/mol. The lowest BCUT2D eigenvalue weighted by Crippen LogP contribution is -2.29. The minimum absolute atomic E-state index is 0.0890. The van der Waals surface area contributed by atoms with Crippen LogP contribution in [0.5, 0.6) is 0 Å². The highest BCUT2D eigenvalue weighted by atomic mass is 35.5. The molecule has 0 spiro atoms. The van der Waals surface area contributed by atoms with Crippen molar-refractivity contribution in [1.82, 2.24) is 58.6 Å². The Kier molecular flexibility index (Phi) is 21.3. The number of aryl methyl sites for hydroxylation is 3. The van der Waals surface area contributed by atoms with Gasteiger partial charge in [0.2, 0.25) is 20.9 Å². The molecule has 8 aromatic heterocycles. The summed E-state index contributed by atoms with van der Waals surface area (Å²) in [5.74, 6) is 0.532. The number of benzene rings is 4. The van der Waals surface area contributed by atoms with Crippen molar-refractivity contribution in [3.8, 4) is 44.5 Å². The first kappa shape index (κ1) is 66.5.